The van der Waals surface area contributed by atoms with Crippen LogP contribution >= 0.6 is 0 Å². The van der Waals surface area contributed by atoms with Gasteiger partial charge in [-0.25, -0.2) is 0 Å². The Hall–Kier alpha value is -3.83. The highest BCUT2D eigenvalue weighted by molar-refractivity contribution is 5.86. The largest absolute Gasteiger partial charge is 0.481 e. The molecule has 11 heteroatoms. The lowest BCUT2D eigenvalue weighted by molar-refractivity contribution is -0.165. The van der Waals surface area contributed by atoms with E-state index in [1.54, 1.807) is 12.4 Å². The topological polar surface area (TPSA) is 172 Å². The van der Waals surface area contributed by atoms with E-state index in [0.29, 0.717) is 13.1 Å². The maximum atomic E-state index is 13.0. The van der Waals surface area contributed by atoms with Crippen LogP contribution in [0.25, 0.3) is 0 Å². The molecule has 4 rings (SSSR count). The van der Waals surface area contributed by atoms with Crippen LogP contribution in [0.3, 0.4) is 0 Å². The molecular formula is C25H32N4O7. The molecule has 2 aliphatic rings. The summed E-state index contributed by atoms with van der Waals surface area (Å²) in [5, 5.41) is 17.8. The number of nitrogens with one attached hydrogen (secondary N) is 1. The van der Waals surface area contributed by atoms with Gasteiger partial charge in [-0.3, -0.25) is 24.2 Å². The summed E-state index contributed by atoms with van der Waals surface area (Å²) >= 11 is 0. The van der Waals surface area contributed by atoms with Gasteiger partial charge in [-0.2, -0.15) is 0 Å². The molecule has 1 saturated carbocycles. The first-order chi connectivity index (χ1) is 17.1. The molecule has 2 heterocycles. The van der Waals surface area contributed by atoms with E-state index in [0.717, 1.165) is 43.4 Å². The van der Waals surface area contributed by atoms with Crippen LogP contribution < -0.4 is 11.1 Å². The third-order valence-corrected chi connectivity index (χ3v) is 5.21. The smallest absolute Gasteiger partial charge is 0.300 e. The number of amides is 2. The minimum absolute atomic E-state index is 0.0715. The quantitative estimate of drug-likeness (QED) is 0.458. The van der Waals surface area contributed by atoms with Crippen molar-refractivity contribution in [3.05, 3.63) is 65.5 Å². The van der Waals surface area contributed by atoms with E-state index in [2.05, 4.69) is 10.3 Å². The number of carbonyl (C=O) groups is 4. The van der Waals surface area contributed by atoms with Crippen molar-refractivity contribution in [2.45, 2.75) is 58.0 Å². The van der Waals surface area contributed by atoms with Crippen molar-refractivity contribution in [1.29, 1.82) is 0 Å². The summed E-state index contributed by atoms with van der Waals surface area (Å²) in [6.45, 7) is 2.97. The van der Waals surface area contributed by atoms with E-state index >= 15 is 0 Å². The Balaban J connectivity index is 0.000000501. The Bertz CT molecular complexity index is 1010. The number of aliphatic carboxylic acids is 2. The number of morpholine rings is 1. The van der Waals surface area contributed by atoms with Crippen LogP contribution in [0.4, 0.5) is 0 Å². The average Bonchev–Trinajstić information content (AvgIpc) is 3.67. The number of carboxylic acid groups (broad SMARTS) is 2. The van der Waals surface area contributed by atoms with Crippen LogP contribution in [0.2, 0.25) is 0 Å². The summed E-state index contributed by atoms with van der Waals surface area (Å²) in [5.41, 5.74) is 8.46. The van der Waals surface area contributed by atoms with Crippen molar-refractivity contribution in [3.63, 3.8) is 0 Å². The Morgan fingerprint density at radius 2 is 1.67 bits per heavy atom. The fourth-order valence-electron chi connectivity index (χ4n) is 3.60. The zero-order valence-electron chi connectivity index (χ0n) is 20.3. The van der Waals surface area contributed by atoms with Gasteiger partial charge < -0.3 is 30.9 Å². The second-order valence-corrected chi connectivity index (χ2v) is 8.27. The Morgan fingerprint density at radius 1 is 1.08 bits per heavy atom. The van der Waals surface area contributed by atoms with E-state index in [4.69, 9.17) is 30.3 Å². The summed E-state index contributed by atoms with van der Waals surface area (Å²) in [6, 6.07) is 11.2. The van der Waals surface area contributed by atoms with Crippen LogP contribution in [0, 0.1) is 0 Å². The Kier molecular flexibility index (Phi) is 11.0. The lowest BCUT2D eigenvalue weighted by atomic mass is 9.98. The van der Waals surface area contributed by atoms with E-state index in [1.807, 2.05) is 41.3 Å². The van der Waals surface area contributed by atoms with E-state index in [9.17, 15) is 9.59 Å². The van der Waals surface area contributed by atoms with Crippen LogP contribution in [-0.2, 0) is 37.0 Å². The predicted octanol–water partition coefficient (Wildman–Crippen LogP) is 1.47. The van der Waals surface area contributed by atoms with Gasteiger partial charge in [0.15, 0.2) is 6.10 Å². The number of rotatable bonds is 6. The fraction of sp³-hybridized carbons (Fsp3) is 0.400. The Labute approximate surface area is 209 Å². The van der Waals surface area contributed by atoms with Gasteiger partial charge in [0, 0.05) is 45.4 Å². The van der Waals surface area contributed by atoms with Crippen molar-refractivity contribution in [2.75, 3.05) is 6.61 Å². The van der Waals surface area contributed by atoms with Gasteiger partial charge in [0.05, 0.1) is 6.04 Å². The van der Waals surface area contributed by atoms with Gasteiger partial charge in [-0.15, -0.1) is 0 Å². The summed E-state index contributed by atoms with van der Waals surface area (Å²) in [4.78, 5) is 49.5. The molecule has 2 amide bonds. The number of aromatic nitrogens is 1. The lowest BCUT2D eigenvalue weighted by Gasteiger charge is -2.40. The SMILES string of the molecule is CC(=O)O.CC(=O)O.NCc1ccc(CNC(=O)[C@H]2OCC(=O)N(C3CC3)[C@@H]2c2cccnc2)cc1. The Morgan fingerprint density at radius 3 is 2.17 bits per heavy atom. The molecule has 1 aliphatic carbocycles. The van der Waals surface area contributed by atoms with E-state index in [-0.39, 0.29) is 24.5 Å². The van der Waals surface area contributed by atoms with Gasteiger partial charge in [0.2, 0.25) is 5.91 Å². The van der Waals surface area contributed by atoms with Crippen LogP contribution in [-0.4, -0.2) is 62.6 Å². The monoisotopic (exact) mass is 500 g/mol. The minimum Gasteiger partial charge on any atom is -0.481 e. The molecule has 2 fully saturated rings. The van der Waals surface area contributed by atoms with Crippen molar-refractivity contribution in [2.24, 2.45) is 5.73 Å². The van der Waals surface area contributed by atoms with Gasteiger partial charge in [-0.1, -0.05) is 30.3 Å². The number of pyridine rings is 1. The molecule has 1 aromatic carbocycles. The summed E-state index contributed by atoms with van der Waals surface area (Å²) < 4.78 is 5.70. The molecule has 0 spiro atoms. The standard InChI is InChI=1S/C21H24N4O3.2C2H4O2/c22-10-14-3-5-15(6-4-14)11-24-21(27)20-19(16-2-1-9-23-12-16)25(17-7-8-17)18(26)13-28-20;2*1-2(3)4/h1-6,9,12,17,19-20H,7-8,10-11,13,22H2,(H,24,27);2*1H3,(H,3,4)/t19-,20+;;/m1../s1. The predicted molar refractivity (Wildman–Crippen MR) is 129 cm³/mol. The van der Waals surface area contributed by atoms with Crippen LogP contribution in [0.15, 0.2) is 48.8 Å². The first kappa shape index (κ1) is 28.4. The number of hydrogen-bond acceptors (Lipinski definition) is 7. The molecule has 0 unspecified atom stereocenters. The summed E-state index contributed by atoms with van der Waals surface area (Å²) in [7, 11) is 0. The maximum Gasteiger partial charge on any atom is 0.300 e. The van der Waals surface area contributed by atoms with E-state index < -0.39 is 24.1 Å². The lowest BCUT2D eigenvalue weighted by Crippen LogP contribution is -2.55. The minimum atomic E-state index is -0.833. The molecule has 194 valence electrons. The second kappa shape index (κ2) is 13.9. The molecule has 0 bridgehead atoms. The zero-order chi connectivity index (χ0) is 26.7. The fourth-order valence-corrected chi connectivity index (χ4v) is 3.60. The molecule has 1 aliphatic heterocycles. The molecule has 11 nitrogen and oxygen atoms in total. The number of benzene rings is 1. The highest BCUT2D eigenvalue weighted by Gasteiger charge is 2.47. The molecule has 5 N–H and O–H groups in total. The highest BCUT2D eigenvalue weighted by atomic mass is 16.5. The van der Waals surface area contributed by atoms with Gasteiger partial charge >= 0.3 is 0 Å². The van der Waals surface area contributed by atoms with Crippen LogP contribution in [0.5, 0.6) is 0 Å². The number of hydrogen-bond donors (Lipinski definition) is 4. The number of ether oxygens (including phenoxy) is 1. The highest BCUT2D eigenvalue weighted by Crippen LogP contribution is 2.39. The first-order valence-electron chi connectivity index (χ1n) is 11.4. The number of nitrogens with zero attached hydrogens (tertiary/aromatic N) is 2. The van der Waals surface area contributed by atoms with Gasteiger partial charge in [0.25, 0.3) is 17.8 Å². The third kappa shape index (κ3) is 9.08. The molecule has 2 aromatic rings. The maximum absolute atomic E-state index is 13.0. The average molecular weight is 501 g/mol. The molecule has 1 aromatic heterocycles. The van der Waals surface area contributed by atoms with Crippen LogP contribution in [0.1, 0.15) is 49.4 Å². The normalized spacial score (nSPS) is 18.6. The molecule has 0 radical (unpaired) electrons. The molecule has 36 heavy (non-hydrogen) atoms. The number of nitrogens with two attached hydrogens (primary N) is 1. The molecule has 2 atom stereocenters. The van der Waals surface area contributed by atoms with Gasteiger partial charge in [0.1, 0.15) is 6.61 Å². The number of carbonyl (C=O) groups excluding carboxylic acids is 2. The van der Waals surface area contributed by atoms with Crippen molar-refractivity contribution < 1.29 is 34.1 Å². The van der Waals surface area contributed by atoms with Gasteiger partial charge in [-0.05, 0) is 35.6 Å². The van der Waals surface area contributed by atoms with E-state index in [1.165, 1.54) is 0 Å². The molecular weight excluding hydrogens is 468 g/mol. The van der Waals surface area contributed by atoms with Crippen molar-refractivity contribution in [3.8, 4) is 0 Å². The third-order valence-electron chi connectivity index (χ3n) is 5.21. The summed E-state index contributed by atoms with van der Waals surface area (Å²) in [6.07, 6.45) is 4.55. The second-order valence-electron chi connectivity index (χ2n) is 8.27. The van der Waals surface area contributed by atoms with Crippen molar-refractivity contribution >= 4 is 23.8 Å². The number of carboxylic acids is 2. The first-order valence-corrected chi connectivity index (χ1v) is 11.4. The molecule has 1 saturated heterocycles. The summed E-state index contributed by atoms with van der Waals surface area (Å²) in [5.74, 6) is -1.97. The zero-order valence-corrected chi connectivity index (χ0v) is 20.3. The van der Waals surface area contributed by atoms with Crippen molar-refractivity contribution in [1.82, 2.24) is 15.2 Å².